The molecule has 0 amide bonds. The Morgan fingerprint density at radius 2 is 2.00 bits per heavy atom. The van der Waals surface area contributed by atoms with Crippen LogP contribution in [0.25, 0.3) is 0 Å². The summed E-state index contributed by atoms with van der Waals surface area (Å²) in [6.45, 7) is 5.33. The van der Waals surface area contributed by atoms with Gasteiger partial charge in [-0.25, -0.2) is 0 Å². The van der Waals surface area contributed by atoms with Crippen LogP contribution in [-0.2, 0) is 15.9 Å². The molecule has 0 aromatic carbocycles. The molecule has 1 rings (SSSR count). The second-order valence-electron chi connectivity index (χ2n) is 3.51. The van der Waals surface area contributed by atoms with Crippen molar-refractivity contribution in [2.75, 3.05) is 20.3 Å². The molecule has 0 spiro atoms. The summed E-state index contributed by atoms with van der Waals surface area (Å²) < 4.78 is 11.2. The van der Waals surface area contributed by atoms with E-state index in [0.717, 1.165) is 6.42 Å². The molecule has 0 saturated heterocycles. The molecule has 0 bridgehead atoms. The molecule has 1 heterocycles. The molecular weight excluding hydrogens is 222 g/mol. The van der Waals surface area contributed by atoms with Crippen LogP contribution in [0.1, 0.15) is 19.4 Å². The van der Waals surface area contributed by atoms with Crippen LogP contribution < -0.4 is 5.32 Å². The van der Waals surface area contributed by atoms with Gasteiger partial charge in [0.15, 0.2) is 6.29 Å². The molecule has 0 fully saturated rings. The van der Waals surface area contributed by atoms with Crippen molar-refractivity contribution in [2.45, 2.75) is 32.6 Å². The maximum absolute atomic E-state index is 5.60. The van der Waals surface area contributed by atoms with Crippen molar-refractivity contribution < 1.29 is 9.47 Å². The van der Waals surface area contributed by atoms with Gasteiger partial charge >= 0.3 is 0 Å². The van der Waals surface area contributed by atoms with Gasteiger partial charge in [-0.2, -0.15) is 11.3 Å². The summed E-state index contributed by atoms with van der Waals surface area (Å²) in [6.07, 6.45) is 0.768. The highest BCUT2D eigenvalue weighted by Gasteiger charge is 2.20. The van der Waals surface area contributed by atoms with E-state index in [-0.39, 0.29) is 12.3 Å². The molecule has 0 aliphatic rings. The molecule has 4 heteroatoms. The summed E-state index contributed by atoms with van der Waals surface area (Å²) in [4.78, 5) is 0. The molecule has 92 valence electrons. The third-order valence-electron chi connectivity index (χ3n) is 2.40. The summed E-state index contributed by atoms with van der Waals surface area (Å²) in [5.74, 6) is 0. The summed E-state index contributed by atoms with van der Waals surface area (Å²) in [5, 5.41) is 7.53. The van der Waals surface area contributed by atoms with Crippen molar-refractivity contribution in [1.82, 2.24) is 5.32 Å². The van der Waals surface area contributed by atoms with Crippen LogP contribution in [0.5, 0.6) is 0 Å². The highest BCUT2D eigenvalue weighted by molar-refractivity contribution is 7.07. The lowest BCUT2D eigenvalue weighted by atomic mass is 10.1. The van der Waals surface area contributed by atoms with Crippen molar-refractivity contribution in [3.8, 4) is 0 Å². The van der Waals surface area contributed by atoms with Crippen LogP contribution >= 0.6 is 11.3 Å². The highest BCUT2D eigenvalue weighted by atomic mass is 32.1. The summed E-state index contributed by atoms with van der Waals surface area (Å²) in [5.41, 5.74) is 1.33. The fourth-order valence-electron chi connectivity index (χ4n) is 1.61. The average Bonchev–Trinajstić information content (AvgIpc) is 2.78. The molecule has 0 saturated carbocycles. The molecule has 16 heavy (non-hydrogen) atoms. The van der Waals surface area contributed by atoms with Crippen LogP contribution in [0.2, 0.25) is 0 Å². The van der Waals surface area contributed by atoms with Gasteiger partial charge in [0.25, 0.3) is 0 Å². The standard InChI is InChI=1S/C12H21NO2S/c1-4-14-12(15-5-2)11(13-3)8-10-6-7-16-9-10/h6-7,9,11-13H,4-5,8H2,1-3H3. The number of likely N-dealkylation sites (N-methyl/N-ethyl adjacent to an activating group) is 1. The molecule has 0 aliphatic carbocycles. The molecular formula is C12H21NO2S. The van der Waals surface area contributed by atoms with E-state index in [4.69, 9.17) is 9.47 Å². The Kier molecular flexibility index (Phi) is 6.64. The van der Waals surface area contributed by atoms with E-state index >= 15 is 0 Å². The number of rotatable bonds is 8. The van der Waals surface area contributed by atoms with Crippen LogP contribution in [0.3, 0.4) is 0 Å². The minimum atomic E-state index is -0.167. The Morgan fingerprint density at radius 1 is 1.31 bits per heavy atom. The summed E-state index contributed by atoms with van der Waals surface area (Å²) >= 11 is 1.72. The fourth-order valence-corrected chi connectivity index (χ4v) is 2.29. The van der Waals surface area contributed by atoms with Gasteiger partial charge in [0.1, 0.15) is 0 Å². The van der Waals surface area contributed by atoms with Crippen LogP contribution in [0, 0.1) is 0 Å². The van der Waals surface area contributed by atoms with Crippen molar-refractivity contribution in [3.05, 3.63) is 22.4 Å². The number of ether oxygens (including phenoxy) is 2. The van der Waals surface area contributed by atoms with E-state index < -0.39 is 0 Å². The summed E-state index contributed by atoms with van der Waals surface area (Å²) in [6, 6.07) is 2.35. The second-order valence-corrected chi connectivity index (χ2v) is 4.29. The number of nitrogens with one attached hydrogen (secondary N) is 1. The first-order valence-electron chi connectivity index (χ1n) is 5.73. The van der Waals surface area contributed by atoms with Gasteiger partial charge in [-0.05, 0) is 49.7 Å². The molecule has 1 N–H and O–H groups in total. The Balaban J connectivity index is 2.55. The minimum absolute atomic E-state index is 0.167. The van der Waals surface area contributed by atoms with Gasteiger partial charge in [0.05, 0.1) is 6.04 Å². The predicted molar refractivity (Wildman–Crippen MR) is 67.9 cm³/mol. The van der Waals surface area contributed by atoms with E-state index in [1.54, 1.807) is 11.3 Å². The molecule has 3 nitrogen and oxygen atoms in total. The molecule has 1 unspecified atom stereocenters. The lowest BCUT2D eigenvalue weighted by Crippen LogP contribution is -2.42. The Labute approximate surface area is 102 Å². The zero-order valence-electron chi connectivity index (χ0n) is 10.2. The lowest BCUT2D eigenvalue weighted by molar-refractivity contribution is -0.152. The van der Waals surface area contributed by atoms with E-state index in [2.05, 4.69) is 22.1 Å². The first-order chi connectivity index (χ1) is 7.81. The van der Waals surface area contributed by atoms with Crippen LogP contribution in [-0.4, -0.2) is 32.6 Å². The van der Waals surface area contributed by atoms with Crippen molar-refractivity contribution in [3.63, 3.8) is 0 Å². The molecule has 0 radical (unpaired) electrons. The molecule has 1 atom stereocenters. The topological polar surface area (TPSA) is 30.5 Å². The minimum Gasteiger partial charge on any atom is -0.351 e. The second kappa shape index (κ2) is 7.79. The van der Waals surface area contributed by atoms with E-state index in [1.807, 2.05) is 20.9 Å². The fraction of sp³-hybridized carbons (Fsp3) is 0.667. The zero-order chi connectivity index (χ0) is 11.8. The molecule has 1 aromatic heterocycles. The Hall–Kier alpha value is -0.420. The molecule has 1 aromatic rings. The van der Waals surface area contributed by atoms with Gasteiger partial charge < -0.3 is 14.8 Å². The smallest absolute Gasteiger partial charge is 0.172 e. The third kappa shape index (κ3) is 4.22. The SMILES string of the molecule is CCOC(OCC)C(Cc1ccsc1)NC. The van der Waals surface area contributed by atoms with Gasteiger partial charge in [-0.15, -0.1) is 0 Å². The van der Waals surface area contributed by atoms with Gasteiger partial charge in [-0.1, -0.05) is 0 Å². The zero-order valence-corrected chi connectivity index (χ0v) is 11.0. The van der Waals surface area contributed by atoms with Crippen molar-refractivity contribution in [1.29, 1.82) is 0 Å². The van der Waals surface area contributed by atoms with Gasteiger partial charge in [-0.3, -0.25) is 0 Å². The Morgan fingerprint density at radius 3 is 2.44 bits per heavy atom. The maximum atomic E-state index is 5.60. The van der Waals surface area contributed by atoms with E-state index in [1.165, 1.54) is 5.56 Å². The largest absolute Gasteiger partial charge is 0.351 e. The summed E-state index contributed by atoms with van der Waals surface area (Å²) in [7, 11) is 1.95. The first-order valence-corrected chi connectivity index (χ1v) is 6.67. The quantitative estimate of drug-likeness (QED) is 0.711. The highest BCUT2D eigenvalue weighted by Crippen LogP contribution is 2.12. The van der Waals surface area contributed by atoms with E-state index in [9.17, 15) is 0 Å². The van der Waals surface area contributed by atoms with E-state index in [0.29, 0.717) is 13.2 Å². The third-order valence-corrected chi connectivity index (χ3v) is 3.13. The van der Waals surface area contributed by atoms with Gasteiger partial charge in [0.2, 0.25) is 0 Å². The normalized spacial score (nSPS) is 13.2. The molecule has 0 aliphatic heterocycles. The van der Waals surface area contributed by atoms with Crippen LogP contribution in [0.4, 0.5) is 0 Å². The monoisotopic (exact) mass is 243 g/mol. The lowest BCUT2D eigenvalue weighted by Gasteiger charge is -2.26. The van der Waals surface area contributed by atoms with Crippen LogP contribution in [0.15, 0.2) is 16.8 Å². The van der Waals surface area contributed by atoms with Crippen molar-refractivity contribution in [2.24, 2.45) is 0 Å². The number of hydrogen-bond acceptors (Lipinski definition) is 4. The maximum Gasteiger partial charge on any atom is 0.172 e. The van der Waals surface area contributed by atoms with Gasteiger partial charge in [0, 0.05) is 13.2 Å². The van der Waals surface area contributed by atoms with Crippen molar-refractivity contribution >= 4 is 11.3 Å². The average molecular weight is 243 g/mol. The number of thiophene rings is 1. The first kappa shape index (κ1) is 13.6. The Bertz CT molecular complexity index is 258. The number of hydrogen-bond donors (Lipinski definition) is 1. The predicted octanol–water partition coefficient (Wildman–Crippen LogP) is 2.28.